The third-order valence-electron chi connectivity index (χ3n) is 6.60. The lowest BCUT2D eigenvalue weighted by atomic mass is 9.98. The highest BCUT2D eigenvalue weighted by Gasteiger charge is 2.22. The molecule has 216 valence electrons. The summed E-state index contributed by atoms with van der Waals surface area (Å²) in [6.45, 7) is 26.6. The normalized spacial score (nSPS) is 13.5. The van der Waals surface area contributed by atoms with Crippen molar-refractivity contribution in [2.75, 3.05) is 6.54 Å². The Morgan fingerprint density at radius 3 is 2.03 bits per heavy atom. The highest BCUT2D eigenvalue weighted by atomic mass is 32.1. The number of hydrogen-bond acceptors (Lipinski definition) is 3. The monoisotopic (exact) mass is 541 g/mol. The molecule has 3 N–H and O–H groups in total. The predicted octanol–water partition coefficient (Wildman–Crippen LogP) is 9.26. The highest BCUT2D eigenvalue weighted by Crippen LogP contribution is 2.22. The van der Waals surface area contributed by atoms with Crippen LogP contribution in [0.25, 0.3) is 0 Å². The molecule has 1 aliphatic rings. The van der Waals surface area contributed by atoms with E-state index in [1.807, 2.05) is 25.1 Å². The van der Waals surface area contributed by atoms with Gasteiger partial charge in [-0.1, -0.05) is 135 Å². The van der Waals surface area contributed by atoms with Gasteiger partial charge in [-0.2, -0.15) is 0 Å². The second kappa shape index (κ2) is 21.8. The summed E-state index contributed by atoms with van der Waals surface area (Å²) in [6.07, 6.45) is 12.3. The van der Waals surface area contributed by atoms with Crippen LogP contribution in [0.4, 0.5) is 0 Å². The van der Waals surface area contributed by atoms with Crippen LogP contribution in [0.15, 0.2) is 66.5 Å². The molecule has 1 aliphatic carbocycles. The molecule has 3 nitrogen and oxygen atoms in total. The molecule has 38 heavy (non-hydrogen) atoms. The summed E-state index contributed by atoms with van der Waals surface area (Å²) in [5.74, 6) is 1.58. The zero-order chi connectivity index (χ0) is 28.9. The van der Waals surface area contributed by atoms with Gasteiger partial charge in [-0.25, -0.2) is 0 Å². The maximum Gasteiger partial charge on any atom is 0.0727 e. The van der Waals surface area contributed by atoms with E-state index in [4.69, 9.17) is 12.2 Å². The standard InChI is InChI=1S/C19H33N3S.C8H18.C7H8/c1-7-8-17(14(4)21-18-9-10-18)12-20-15(5)19(11-13(2)3)22-16(6)23;1-4-7-8(5-2)6-3;1-7-5-3-2-4-6-7/h8,13,18-21H,4-5,7,9-12H2,1-3,6H3,(H,22,23);8H,4-7H2,1-3H3;2-6H,1H3/b17-8+;;. The molecule has 4 heteroatoms. The molecule has 0 aliphatic heterocycles. The van der Waals surface area contributed by atoms with Gasteiger partial charge in [-0.15, -0.1) is 0 Å². The van der Waals surface area contributed by atoms with Gasteiger partial charge in [-0.05, 0) is 56.9 Å². The van der Waals surface area contributed by atoms with Gasteiger partial charge in [0.15, 0.2) is 0 Å². The molecule has 1 atom stereocenters. The first-order chi connectivity index (χ1) is 18.1. The summed E-state index contributed by atoms with van der Waals surface area (Å²) < 4.78 is 0. The van der Waals surface area contributed by atoms with Crippen LogP contribution in [0.5, 0.6) is 0 Å². The van der Waals surface area contributed by atoms with Crippen molar-refractivity contribution in [1.82, 2.24) is 16.0 Å². The van der Waals surface area contributed by atoms with E-state index in [0.717, 1.165) is 41.7 Å². The van der Waals surface area contributed by atoms with E-state index in [-0.39, 0.29) is 6.04 Å². The number of allylic oxidation sites excluding steroid dienone is 1. The Hall–Kier alpha value is -2.07. The minimum absolute atomic E-state index is 0.167. The minimum Gasteiger partial charge on any atom is -0.383 e. The van der Waals surface area contributed by atoms with E-state index >= 15 is 0 Å². The number of aryl methyl sites for hydroxylation is 1. The van der Waals surface area contributed by atoms with Gasteiger partial charge in [0.05, 0.1) is 11.0 Å². The van der Waals surface area contributed by atoms with Crippen LogP contribution in [-0.4, -0.2) is 23.6 Å². The van der Waals surface area contributed by atoms with Crippen LogP contribution < -0.4 is 16.0 Å². The quantitative estimate of drug-likeness (QED) is 0.153. The molecule has 1 unspecified atom stereocenters. The van der Waals surface area contributed by atoms with Crippen molar-refractivity contribution in [1.29, 1.82) is 0 Å². The fraction of sp³-hybridized carbons (Fsp3) is 0.618. The number of benzene rings is 1. The van der Waals surface area contributed by atoms with Gasteiger partial charge in [0.1, 0.15) is 0 Å². The summed E-state index contributed by atoms with van der Waals surface area (Å²) in [5, 5.41) is 10.3. The lowest BCUT2D eigenvalue weighted by molar-refractivity contribution is 0.451. The molecule has 0 aromatic heterocycles. The molecule has 0 spiro atoms. The minimum atomic E-state index is 0.167. The van der Waals surface area contributed by atoms with Crippen molar-refractivity contribution in [2.45, 2.75) is 119 Å². The Bertz CT molecular complexity index is 804. The molecule has 1 aromatic rings. The first-order valence-corrected chi connectivity index (χ1v) is 15.3. The lowest BCUT2D eigenvalue weighted by Gasteiger charge is -2.25. The van der Waals surface area contributed by atoms with Gasteiger partial charge in [-0.3, -0.25) is 0 Å². The van der Waals surface area contributed by atoms with E-state index in [9.17, 15) is 0 Å². The van der Waals surface area contributed by atoms with Crippen LogP contribution in [0, 0.1) is 18.8 Å². The summed E-state index contributed by atoms with van der Waals surface area (Å²) in [4.78, 5) is 0.808. The smallest absolute Gasteiger partial charge is 0.0727 e. The van der Waals surface area contributed by atoms with E-state index in [1.165, 1.54) is 49.7 Å². The molecule has 2 rings (SSSR count). The molecular formula is C34H59N3S. The van der Waals surface area contributed by atoms with Crippen LogP contribution in [0.1, 0.15) is 105 Å². The SMILES string of the molecule is C=C(NC1CC1)/C(=C/CC)CNC(=C)C(CC(C)C)NC(C)=S.CCCC(CC)CC.Cc1ccccc1. The van der Waals surface area contributed by atoms with Crippen LogP contribution >= 0.6 is 12.2 Å². The highest BCUT2D eigenvalue weighted by molar-refractivity contribution is 7.80. The first kappa shape index (κ1) is 35.9. The second-order valence-corrected chi connectivity index (χ2v) is 11.5. The molecule has 0 radical (unpaired) electrons. The average molecular weight is 542 g/mol. The zero-order valence-electron chi connectivity index (χ0n) is 26.0. The van der Waals surface area contributed by atoms with Gasteiger partial charge < -0.3 is 16.0 Å². The summed E-state index contributed by atoms with van der Waals surface area (Å²) in [6, 6.07) is 11.1. The summed E-state index contributed by atoms with van der Waals surface area (Å²) >= 11 is 5.20. The zero-order valence-corrected chi connectivity index (χ0v) is 26.8. The molecular weight excluding hydrogens is 482 g/mol. The molecule has 0 saturated heterocycles. The third-order valence-corrected chi connectivity index (χ3v) is 6.71. The van der Waals surface area contributed by atoms with Crippen molar-refractivity contribution in [3.63, 3.8) is 0 Å². The van der Waals surface area contributed by atoms with Crippen molar-refractivity contribution in [3.8, 4) is 0 Å². The van der Waals surface area contributed by atoms with Crippen molar-refractivity contribution >= 4 is 17.2 Å². The first-order valence-electron chi connectivity index (χ1n) is 14.9. The maximum absolute atomic E-state index is 5.20. The number of rotatable bonds is 15. The summed E-state index contributed by atoms with van der Waals surface area (Å²) in [5.41, 5.74) is 4.57. The average Bonchev–Trinajstić information content (AvgIpc) is 3.69. The van der Waals surface area contributed by atoms with Gasteiger partial charge in [0.2, 0.25) is 0 Å². The summed E-state index contributed by atoms with van der Waals surface area (Å²) in [7, 11) is 0. The molecule has 0 bridgehead atoms. The fourth-order valence-corrected chi connectivity index (χ4v) is 4.23. The predicted molar refractivity (Wildman–Crippen MR) is 176 cm³/mol. The number of nitrogens with one attached hydrogen (secondary N) is 3. The maximum atomic E-state index is 5.20. The number of hydrogen-bond donors (Lipinski definition) is 3. The fourth-order valence-electron chi connectivity index (χ4n) is 4.09. The Kier molecular flexibility index (Phi) is 20.6. The Balaban J connectivity index is 0.000000737. The van der Waals surface area contributed by atoms with Crippen molar-refractivity contribution in [3.05, 3.63) is 72.1 Å². The number of thiocarbonyl (C=S) groups is 1. The van der Waals surface area contributed by atoms with E-state index < -0.39 is 0 Å². The second-order valence-electron chi connectivity index (χ2n) is 10.9. The van der Waals surface area contributed by atoms with Crippen LogP contribution in [-0.2, 0) is 0 Å². The van der Waals surface area contributed by atoms with E-state index in [1.54, 1.807) is 0 Å². The van der Waals surface area contributed by atoms with Gasteiger partial charge >= 0.3 is 0 Å². The topological polar surface area (TPSA) is 36.1 Å². The molecule has 1 aromatic carbocycles. The van der Waals surface area contributed by atoms with Crippen molar-refractivity contribution < 1.29 is 0 Å². The Morgan fingerprint density at radius 1 is 1.05 bits per heavy atom. The third kappa shape index (κ3) is 19.1. The molecule has 1 saturated carbocycles. The van der Waals surface area contributed by atoms with Crippen LogP contribution in [0.3, 0.4) is 0 Å². The molecule has 0 heterocycles. The largest absolute Gasteiger partial charge is 0.383 e. The lowest BCUT2D eigenvalue weighted by Crippen LogP contribution is -2.39. The van der Waals surface area contributed by atoms with Gasteiger partial charge in [0.25, 0.3) is 0 Å². The van der Waals surface area contributed by atoms with E-state index in [0.29, 0.717) is 12.0 Å². The molecule has 1 fully saturated rings. The van der Waals surface area contributed by atoms with Gasteiger partial charge in [0, 0.05) is 24.0 Å². The Labute approximate surface area is 242 Å². The Morgan fingerprint density at radius 2 is 1.66 bits per heavy atom. The van der Waals surface area contributed by atoms with Crippen molar-refractivity contribution in [2.24, 2.45) is 11.8 Å². The van der Waals surface area contributed by atoms with E-state index in [2.05, 4.69) is 95.8 Å². The van der Waals surface area contributed by atoms with Crippen LogP contribution in [0.2, 0.25) is 0 Å². The molecule has 0 amide bonds.